The molecular weight excluding hydrogens is 172 g/mol. The number of rotatable bonds is 0. The highest BCUT2D eigenvalue weighted by Gasteiger charge is 2.14. The Morgan fingerprint density at radius 1 is 0.917 bits per heavy atom. The van der Waals surface area contributed by atoms with Gasteiger partial charge in [0.1, 0.15) is 9.84 Å². The molecule has 1 rings (SSSR count). The molecule has 1 aliphatic heterocycles. The topological polar surface area (TPSA) is 34.1 Å². The summed E-state index contributed by atoms with van der Waals surface area (Å²) >= 11 is 0. The summed E-state index contributed by atoms with van der Waals surface area (Å²) in [6.45, 7) is 6.50. The van der Waals surface area contributed by atoms with Crippen molar-refractivity contribution < 1.29 is 8.42 Å². The lowest BCUT2D eigenvalue weighted by Crippen LogP contribution is -2.15. The van der Waals surface area contributed by atoms with Crippen molar-refractivity contribution in [1.29, 1.82) is 0 Å². The van der Waals surface area contributed by atoms with Crippen LogP contribution in [0.15, 0.2) is 0 Å². The van der Waals surface area contributed by atoms with E-state index in [9.17, 15) is 8.42 Å². The normalized spacial score (nSPS) is 21.3. The van der Waals surface area contributed by atoms with Crippen LogP contribution in [-0.2, 0) is 9.84 Å². The SMILES string of the molecule is CC(C)C.O=S1(=O)CCCCC1. The first-order valence-electron chi connectivity index (χ1n) is 4.64. The van der Waals surface area contributed by atoms with E-state index in [4.69, 9.17) is 0 Å². The van der Waals surface area contributed by atoms with Gasteiger partial charge in [-0.15, -0.1) is 0 Å². The summed E-state index contributed by atoms with van der Waals surface area (Å²) in [5.74, 6) is 1.68. The quantitative estimate of drug-likeness (QED) is 0.590. The van der Waals surface area contributed by atoms with E-state index in [1.54, 1.807) is 0 Å². The van der Waals surface area contributed by atoms with Crippen LogP contribution in [0.4, 0.5) is 0 Å². The Balaban J connectivity index is 0.000000261. The maximum atomic E-state index is 10.7. The molecule has 0 N–H and O–H groups in total. The molecule has 74 valence electrons. The minimum atomic E-state index is -2.58. The Bertz CT molecular complexity index is 178. The first-order valence-corrected chi connectivity index (χ1v) is 6.46. The molecule has 0 bridgehead atoms. The molecule has 0 amide bonds. The summed E-state index contributed by atoms with van der Waals surface area (Å²) in [6, 6.07) is 0. The molecule has 0 aromatic heterocycles. The molecule has 0 radical (unpaired) electrons. The monoisotopic (exact) mass is 192 g/mol. The van der Waals surface area contributed by atoms with E-state index in [-0.39, 0.29) is 0 Å². The van der Waals surface area contributed by atoms with Crippen molar-refractivity contribution in [3.8, 4) is 0 Å². The van der Waals surface area contributed by atoms with Gasteiger partial charge in [-0.3, -0.25) is 0 Å². The van der Waals surface area contributed by atoms with Crippen LogP contribution >= 0.6 is 0 Å². The summed E-state index contributed by atoms with van der Waals surface area (Å²) in [5, 5.41) is 0. The predicted octanol–water partition coefficient (Wildman–Crippen LogP) is 2.25. The fraction of sp³-hybridized carbons (Fsp3) is 1.00. The molecular formula is C9H20O2S. The van der Waals surface area contributed by atoms with E-state index >= 15 is 0 Å². The van der Waals surface area contributed by atoms with Crippen molar-refractivity contribution >= 4 is 9.84 Å². The third kappa shape index (κ3) is 8.05. The molecule has 1 saturated heterocycles. The van der Waals surface area contributed by atoms with Crippen LogP contribution in [0.1, 0.15) is 40.0 Å². The Kier molecular flexibility index (Phi) is 5.55. The largest absolute Gasteiger partial charge is 0.229 e. The Labute approximate surface area is 76.3 Å². The van der Waals surface area contributed by atoms with Crippen molar-refractivity contribution in [2.75, 3.05) is 11.5 Å². The van der Waals surface area contributed by atoms with Gasteiger partial charge in [-0.1, -0.05) is 27.2 Å². The summed E-state index contributed by atoms with van der Waals surface area (Å²) < 4.78 is 21.3. The van der Waals surface area contributed by atoms with Gasteiger partial charge in [-0.05, 0) is 18.8 Å². The average molecular weight is 192 g/mol. The molecule has 0 atom stereocenters. The Hall–Kier alpha value is -0.0500. The molecule has 0 unspecified atom stereocenters. The van der Waals surface area contributed by atoms with E-state index < -0.39 is 9.84 Å². The fourth-order valence-electron chi connectivity index (χ4n) is 0.923. The maximum Gasteiger partial charge on any atom is 0.150 e. The van der Waals surface area contributed by atoms with Gasteiger partial charge in [0, 0.05) is 0 Å². The molecule has 0 spiro atoms. The first kappa shape index (κ1) is 11.9. The highest BCUT2D eigenvalue weighted by Crippen LogP contribution is 2.09. The van der Waals surface area contributed by atoms with E-state index in [2.05, 4.69) is 20.8 Å². The fourth-order valence-corrected chi connectivity index (χ4v) is 2.41. The van der Waals surface area contributed by atoms with Crippen molar-refractivity contribution in [2.45, 2.75) is 40.0 Å². The van der Waals surface area contributed by atoms with E-state index in [0.717, 1.165) is 25.2 Å². The molecule has 0 saturated carbocycles. The smallest absolute Gasteiger partial charge is 0.150 e. The van der Waals surface area contributed by atoms with Crippen LogP contribution in [0.5, 0.6) is 0 Å². The van der Waals surface area contributed by atoms with Crippen molar-refractivity contribution in [1.82, 2.24) is 0 Å². The van der Waals surface area contributed by atoms with Gasteiger partial charge in [0.15, 0.2) is 0 Å². The second-order valence-corrected chi connectivity index (χ2v) is 6.25. The van der Waals surface area contributed by atoms with Gasteiger partial charge in [-0.25, -0.2) is 8.42 Å². The zero-order valence-corrected chi connectivity index (χ0v) is 9.15. The molecule has 0 aromatic carbocycles. The molecule has 0 aromatic rings. The zero-order chi connectivity index (χ0) is 9.61. The molecule has 1 fully saturated rings. The van der Waals surface area contributed by atoms with E-state index in [1.807, 2.05) is 0 Å². The first-order chi connectivity index (χ1) is 5.44. The third-order valence-electron chi connectivity index (χ3n) is 1.41. The van der Waals surface area contributed by atoms with Gasteiger partial charge in [0.05, 0.1) is 11.5 Å². The molecule has 2 nitrogen and oxygen atoms in total. The highest BCUT2D eigenvalue weighted by atomic mass is 32.2. The second kappa shape index (κ2) is 5.57. The Morgan fingerprint density at radius 3 is 1.42 bits per heavy atom. The van der Waals surface area contributed by atoms with Crippen LogP contribution in [0.2, 0.25) is 0 Å². The molecule has 1 heterocycles. The minimum absolute atomic E-state index is 0.424. The third-order valence-corrected chi connectivity index (χ3v) is 3.23. The summed E-state index contributed by atoms with van der Waals surface area (Å²) in [4.78, 5) is 0. The summed E-state index contributed by atoms with van der Waals surface area (Å²) in [7, 11) is -2.58. The molecule has 1 aliphatic rings. The minimum Gasteiger partial charge on any atom is -0.229 e. The lowest BCUT2D eigenvalue weighted by molar-refractivity contribution is 0.575. The highest BCUT2D eigenvalue weighted by molar-refractivity contribution is 7.91. The Morgan fingerprint density at radius 2 is 1.25 bits per heavy atom. The van der Waals surface area contributed by atoms with Crippen LogP contribution in [0.25, 0.3) is 0 Å². The standard InChI is InChI=1S/C5H10O2S.C4H10/c6-8(7)4-2-1-3-5-8;1-4(2)3/h1-5H2;4H,1-3H3. The van der Waals surface area contributed by atoms with Gasteiger partial charge < -0.3 is 0 Å². The summed E-state index contributed by atoms with van der Waals surface area (Å²) in [5.41, 5.74) is 0. The molecule has 3 heteroatoms. The lowest BCUT2D eigenvalue weighted by atomic mass is 10.3. The van der Waals surface area contributed by atoms with Crippen LogP contribution in [0, 0.1) is 5.92 Å². The number of hydrogen-bond acceptors (Lipinski definition) is 2. The maximum absolute atomic E-state index is 10.7. The van der Waals surface area contributed by atoms with E-state index in [1.165, 1.54) is 0 Å². The lowest BCUT2D eigenvalue weighted by Gasteiger charge is -2.08. The van der Waals surface area contributed by atoms with Crippen molar-refractivity contribution in [2.24, 2.45) is 5.92 Å². The second-order valence-electron chi connectivity index (χ2n) is 3.94. The van der Waals surface area contributed by atoms with Gasteiger partial charge in [-0.2, -0.15) is 0 Å². The number of sulfone groups is 1. The molecule has 12 heavy (non-hydrogen) atoms. The molecule has 0 aliphatic carbocycles. The average Bonchev–Trinajstić information content (AvgIpc) is 1.85. The van der Waals surface area contributed by atoms with Crippen LogP contribution < -0.4 is 0 Å². The van der Waals surface area contributed by atoms with Crippen molar-refractivity contribution in [3.63, 3.8) is 0 Å². The van der Waals surface area contributed by atoms with Gasteiger partial charge in [0.25, 0.3) is 0 Å². The summed E-state index contributed by atoms with van der Waals surface area (Å²) in [6.07, 6.45) is 2.85. The van der Waals surface area contributed by atoms with Gasteiger partial charge >= 0.3 is 0 Å². The predicted molar refractivity (Wildman–Crippen MR) is 53.0 cm³/mol. The number of hydrogen-bond donors (Lipinski definition) is 0. The van der Waals surface area contributed by atoms with Crippen LogP contribution in [0.3, 0.4) is 0 Å². The van der Waals surface area contributed by atoms with Gasteiger partial charge in [0.2, 0.25) is 0 Å². The zero-order valence-electron chi connectivity index (χ0n) is 8.34. The van der Waals surface area contributed by atoms with Crippen LogP contribution in [-0.4, -0.2) is 19.9 Å². The van der Waals surface area contributed by atoms with E-state index in [0.29, 0.717) is 11.5 Å². The van der Waals surface area contributed by atoms with Crippen molar-refractivity contribution in [3.05, 3.63) is 0 Å².